The van der Waals surface area contributed by atoms with E-state index in [4.69, 9.17) is 16.3 Å². The van der Waals surface area contributed by atoms with E-state index in [9.17, 15) is 18.5 Å². The number of nitro benzene ring substituents is 1. The molecule has 0 saturated carbocycles. The normalized spacial score (nSPS) is 11.0. The van der Waals surface area contributed by atoms with Crippen LogP contribution in [0, 0.1) is 10.1 Å². The van der Waals surface area contributed by atoms with E-state index in [1.807, 2.05) is 0 Å². The lowest BCUT2D eigenvalue weighted by Gasteiger charge is -2.12. The summed E-state index contributed by atoms with van der Waals surface area (Å²) in [6.07, 6.45) is 0. The first-order valence-electron chi connectivity index (χ1n) is 6.38. The molecule has 2 rings (SSSR count). The Kier molecular flexibility index (Phi) is 5.07. The van der Waals surface area contributed by atoms with Crippen molar-refractivity contribution in [3.05, 3.63) is 63.2 Å². The summed E-state index contributed by atoms with van der Waals surface area (Å²) in [5.74, 6) is -0.0957. The van der Waals surface area contributed by atoms with Crippen molar-refractivity contribution in [2.45, 2.75) is 5.75 Å². The van der Waals surface area contributed by atoms with E-state index in [0.29, 0.717) is 16.3 Å². The largest absolute Gasteiger partial charge is 0.495 e. The Balaban J connectivity index is 2.25. The van der Waals surface area contributed by atoms with Gasteiger partial charge >= 0.3 is 0 Å². The van der Waals surface area contributed by atoms with E-state index in [-0.39, 0.29) is 11.4 Å². The number of hydrogen-bond donors (Lipinski definition) is 1. The summed E-state index contributed by atoms with van der Waals surface area (Å²) < 4.78 is 31.9. The fraction of sp³-hybridized carbons (Fsp3) is 0.143. The standard InChI is InChI=1S/C14H13ClN2O5S/c1-22-14-6-5-11(15)8-13(14)16-23(20,21)9-10-3-2-4-12(7-10)17(18)19/h2-8,16H,9H2,1H3. The molecule has 7 nitrogen and oxygen atoms in total. The molecular weight excluding hydrogens is 344 g/mol. The van der Waals surface area contributed by atoms with Crippen molar-refractivity contribution in [1.29, 1.82) is 0 Å². The molecule has 1 N–H and O–H groups in total. The van der Waals surface area contributed by atoms with Gasteiger partial charge in [0.1, 0.15) is 5.75 Å². The summed E-state index contributed by atoms with van der Waals surface area (Å²) in [4.78, 5) is 10.2. The summed E-state index contributed by atoms with van der Waals surface area (Å²) in [5.41, 5.74) is 0.330. The minimum Gasteiger partial charge on any atom is -0.495 e. The fourth-order valence-electron chi connectivity index (χ4n) is 1.94. The average Bonchev–Trinajstić information content (AvgIpc) is 2.46. The van der Waals surface area contributed by atoms with E-state index in [0.717, 1.165) is 0 Å². The molecule has 0 fully saturated rings. The van der Waals surface area contributed by atoms with E-state index in [1.54, 1.807) is 6.07 Å². The average molecular weight is 357 g/mol. The second-order valence-electron chi connectivity index (χ2n) is 4.63. The summed E-state index contributed by atoms with van der Waals surface area (Å²) in [6, 6.07) is 9.97. The van der Waals surface area contributed by atoms with Crippen LogP contribution in [0.15, 0.2) is 42.5 Å². The van der Waals surface area contributed by atoms with Crippen LogP contribution >= 0.6 is 11.6 Å². The number of non-ortho nitro benzene ring substituents is 1. The molecule has 2 aromatic rings. The molecule has 0 spiro atoms. The zero-order valence-corrected chi connectivity index (χ0v) is 13.6. The van der Waals surface area contributed by atoms with Gasteiger partial charge in [0.15, 0.2) is 0 Å². The molecule has 0 saturated heterocycles. The highest BCUT2D eigenvalue weighted by atomic mass is 35.5. The second-order valence-corrected chi connectivity index (χ2v) is 6.79. The van der Waals surface area contributed by atoms with Crippen LogP contribution in [-0.4, -0.2) is 20.5 Å². The van der Waals surface area contributed by atoms with Crippen LogP contribution < -0.4 is 9.46 Å². The number of benzene rings is 2. The predicted molar refractivity (Wildman–Crippen MR) is 87.3 cm³/mol. The minimum absolute atomic E-state index is 0.168. The summed E-state index contributed by atoms with van der Waals surface area (Å²) in [6.45, 7) is 0. The van der Waals surface area contributed by atoms with E-state index in [1.165, 1.54) is 43.5 Å². The van der Waals surface area contributed by atoms with Gasteiger partial charge in [-0.05, 0) is 23.8 Å². The highest BCUT2D eigenvalue weighted by Crippen LogP contribution is 2.29. The van der Waals surface area contributed by atoms with Gasteiger partial charge in [-0.3, -0.25) is 14.8 Å². The van der Waals surface area contributed by atoms with Crippen molar-refractivity contribution in [1.82, 2.24) is 0 Å². The Morgan fingerprint density at radius 1 is 1.26 bits per heavy atom. The SMILES string of the molecule is COc1ccc(Cl)cc1NS(=O)(=O)Cc1cccc([N+](=O)[O-])c1. The maximum atomic E-state index is 12.3. The van der Waals surface area contributed by atoms with Crippen molar-refractivity contribution < 1.29 is 18.1 Å². The number of methoxy groups -OCH3 is 1. The van der Waals surface area contributed by atoms with Gasteiger partial charge in [0.2, 0.25) is 10.0 Å². The number of hydrogen-bond acceptors (Lipinski definition) is 5. The Morgan fingerprint density at radius 3 is 2.65 bits per heavy atom. The summed E-state index contributed by atoms with van der Waals surface area (Å²) in [7, 11) is -2.39. The molecule has 0 aliphatic carbocycles. The molecule has 9 heteroatoms. The Morgan fingerprint density at radius 2 is 2.00 bits per heavy atom. The highest BCUT2D eigenvalue weighted by Gasteiger charge is 2.16. The number of nitro groups is 1. The Labute approximate surface area is 138 Å². The molecule has 0 amide bonds. The quantitative estimate of drug-likeness (QED) is 0.633. The van der Waals surface area contributed by atoms with Crippen LogP contribution in [0.5, 0.6) is 5.75 Å². The number of rotatable bonds is 6. The predicted octanol–water partition coefficient (Wildman–Crippen LogP) is 3.20. The van der Waals surface area contributed by atoms with E-state index in [2.05, 4.69) is 4.72 Å². The summed E-state index contributed by atoms with van der Waals surface area (Å²) >= 11 is 5.85. The van der Waals surface area contributed by atoms with Crippen LogP contribution in [0.1, 0.15) is 5.56 Å². The lowest BCUT2D eigenvalue weighted by Crippen LogP contribution is -2.15. The van der Waals surface area contributed by atoms with E-state index >= 15 is 0 Å². The topological polar surface area (TPSA) is 98.5 Å². The van der Waals surface area contributed by atoms with Crippen LogP contribution in [0.25, 0.3) is 0 Å². The molecule has 0 aliphatic heterocycles. The summed E-state index contributed by atoms with van der Waals surface area (Å²) in [5, 5.41) is 11.1. The molecular formula is C14H13ClN2O5S. The molecule has 23 heavy (non-hydrogen) atoms. The first-order chi connectivity index (χ1) is 10.8. The molecule has 0 unspecified atom stereocenters. The Hall–Kier alpha value is -2.32. The molecule has 0 bridgehead atoms. The first-order valence-corrected chi connectivity index (χ1v) is 8.41. The molecule has 0 heterocycles. The van der Waals surface area contributed by atoms with Crippen LogP contribution in [0.2, 0.25) is 5.02 Å². The first kappa shape index (κ1) is 17.0. The maximum Gasteiger partial charge on any atom is 0.269 e. The molecule has 0 aromatic heterocycles. The zero-order valence-electron chi connectivity index (χ0n) is 12.0. The van der Waals surface area contributed by atoms with Crippen molar-refractivity contribution >= 4 is 33.0 Å². The number of sulfonamides is 1. The monoisotopic (exact) mass is 356 g/mol. The van der Waals surface area contributed by atoms with Crippen LogP contribution in [0.3, 0.4) is 0 Å². The third-order valence-corrected chi connectivity index (χ3v) is 4.38. The Bertz CT molecular complexity index is 839. The molecule has 0 atom stereocenters. The van der Waals surface area contributed by atoms with Crippen molar-refractivity contribution in [3.8, 4) is 5.75 Å². The van der Waals surface area contributed by atoms with Gasteiger partial charge in [-0.2, -0.15) is 0 Å². The lowest BCUT2D eigenvalue weighted by molar-refractivity contribution is -0.384. The smallest absolute Gasteiger partial charge is 0.269 e. The van der Waals surface area contributed by atoms with Gasteiger partial charge in [-0.1, -0.05) is 23.7 Å². The zero-order chi connectivity index (χ0) is 17.0. The fourth-order valence-corrected chi connectivity index (χ4v) is 3.30. The van der Waals surface area contributed by atoms with Crippen molar-refractivity contribution in [2.75, 3.05) is 11.8 Å². The molecule has 0 aliphatic rings. The van der Waals surface area contributed by atoms with Crippen LogP contribution in [-0.2, 0) is 15.8 Å². The molecule has 122 valence electrons. The third kappa shape index (κ3) is 4.57. The highest BCUT2D eigenvalue weighted by molar-refractivity contribution is 7.91. The molecule has 0 radical (unpaired) electrons. The lowest BCUT2D eigenvalue weighted by atomic mass is 10.2. The number of nitrogens with zero attached hydrogens (tertiary/aromatic N) is 1. The number of anilines is 1. The van der Waals surface area contributed by atoms with Gasteiger partial charge < -0.3 is 4.74 Å². The minimum atomic E-state index is -3.79. The van der Waals surface area contributed by atoms with Crippen LogP contribution in [0.4, 0.5) is 11.4 Å². The number of ether oxygens (including phenoxy) is 1. The van der Waals surface area contributed by atoms with Gasteiger partial charge in [0.05, 0.1) is 23.5 Å². The van der Waals surface area contributed by atoms with Gasteiger partial charge in [0, 0.05) is 17.2 Å². The van der Waals surface area contributed by atoms with Gasteiger partial charge in [-0.15, -0.1) is 0 Å². The third-order valence-electron chi connectivity index (χ3n) is 2.91. The van der Waals surface area contributed by atoms with Gasteiger partial charge in [-0.25, -0.2) is 8.42 Å². The molecule has 2 aromatic carbocycles. The number of nitrogens with one attached hydrogen (secondary N) is 1. The second kappa shape index (κ2) is 6.84. The number of halogens is 1. The van der Waals surface area contributed by atoms with Crippen molar-refractivity contribution in [2.24, 2.45) is 0 Å². The van der Waals surface area contributed by atoms with Crippen molar-refractivity contribution in [3.63, 3.8) is 0 Å². The van der Waals surface area contributed by atoms with E-state index < -0.39 is 20.7 Å². The van der Waals surface area contributed by atoms with Gasteiger partial charge in [0.25, 0.3) is 5.69 Å². The maximum absolute atomic E-state index is 12.3.